The second-order valence-corrected chi connectivity index (χ2v) is 5.03. The van der Waals surface area contributed by atoms with Crippen LogP contribution in [0.4, 0.5) is 0 Å². The fraction of sp³-hybridized carbons (Fsp3) is 0.364. The normalized spacial score (nSPS) is 11.6. The number of fused-ring (bicyclic) bond motifs is 3. The summed E-state index contributed by atoms with van der Waals surface area (Å²) in [5.74, 6) is 0.393. The van der Waals surface area contributed by atoms with E-state index < -0.39 is 0 Å². The van der Waals surface area contributed by atoms with Gasteiger partial charge in [-0.3, -0.25) is 9.36 Å². The largest absolute Gasteiger partial charge is 0.349 e. The Bertz CT molecular complexity index is 823. The molecular formula is C11H12N4O2S. The Balaban J connectivity index is 2.47. The molecule has 0 aromatic carbocycles. The van der Waals surface area contributed by atoms with Crippen molar-refractivity contribution in [2.45, 2.75) is 26.3 Å². The number of rotatable bonds is 3. The summed E-state index contributed by atoms with van der Waals surface area (Å²) in [4.78, 5) is 24.1. The Morgan fingerprint density at radius 1 is 1.44 bits per heavy atom. The number of unbranched alkanes of at least 4 members (excludes halogenated alkanes) is 1. The van der Waals surface area contributed by atoms with Gasteiger partial charge < -0.3 is 0 Å². The van der Waals surface area contributed by atoms with Crippen LogP contribution < -0.4 is 11.2 Å². The van der Waals surface area contributed by atoms with E-state index in [-0.39, 0.29) is 11.2 Å². The van der Waals surface area contributed by atoms with Crippen LogP contribution in [0.3, 0.4) is 0 Å². The van der Waals surface area contributed by atoms with Gasteiger partial charge in [-0.05, 0) is 17.9 Å². The Labute approximate surface area is 105 Å². The van der Waals surface area contributed by atoms with Gasteiger partial charge in [-0.2, -0.15) is 0 Å². The molecule has 0 unspecified atom stereocenters. The zero-order valence-electron chi connectivity index (χ0n) is 9.84. The van der Waals surface area contributed by atoms with Crippen LogP contribution >= 0.6 is 11.3 Å². The van der Waals surface area contributed by atoms with E-state index >= 15 is 0 Å². The maximum Gasteiger partial charge on any atom is 0.349 e. The molecule has 0 aliphatic carbocycles. The number of nitrogens with one attached hydrogen (secondary N) is 1. The average molecular weight is 264 g/mol. The summed E-state index contributed by atoms with van der Waals surface area (Å²) in [5.41, 5.74) is 0.255. The van der Waals surface area contributed by atoms with Crippen LogP contribution in [0.2, 0.25) is 0 Å². The Morgan fingerprint density at radius 3 is 3.06 bits per heavy atom. The van der Waals surface area contributed by atoms with Gasteiger partial charge in [0.2, 0.25) is 5.78 Å². The summed E-state index contributed by atoms with van der Waals surface area (Å²) in [6.07, 6.45) is 1.86. The van der Waals surface area contributed by atoms with Crippen LogP contribution in [0.25, 0.3) is 16.0 Å². The lowest BCUT2D eigenvalue weighted by Gasteiger charge is -2.06. The predicted octanol–water partition coefficient (Wildman–Crippen LogP) is 1.20. The van der Waals surface area contributed by atoms with Crippen molar-refractivity contribution in [3.8, 4) is 0 Å². The first-order chi connectivity index (χ1) is 8.74. The molecule has 0 aliphatic rings. The van der Waals surface area contributed by atoms with Crippen molar-refractivity contribution in [1.29, 1.82) is 0 Å². The van der Waals surface area contributed by atoms with Crippen LogP contribution in [0.1, 0.15) is 19.8 Å². The minimum Gasteiger partial charge on any atom is -0.276 e. The van der Waals surface area contributed by atoms with Crippen LogP contribution in [0, 0.1) is 0 Å². The molecule has 7 heteroatoms. The molecule has 6 nitrogen and oxygen atoms in total. The number of hydrogen-bond donors (Lipinski definition) is 1. The standard InChI is InChI=1S/C11H12N4O2S/c1-2-3-5-14-9(16)8-7(4-6-18-8)15-10(14)12-13-11(15)17/h4,6H,2-3,5H2,1H3,(H,13,17). The molecule has 0 bridgehead atoms. The lowest BCUT2D eigenvalue weighted by molar-refractivity contribution is 0.621. The molecule has 3 aromatic rings. The van der Waals surface area contributed by atoms with Crippen molar-refractivity contribution in [3.63, 3.8) is 0 Å². The highest BCUT2D eigenvalue weighted by molar-refractivity contribution is 7.17. The van der Waals surface area contributed by atoms with Gasteiger partial charge in [-0.15, -0.1) is 16.4 Å². The molecule has 0 saturated carbocycles. The third-order valence-electron chi connectivity index (χ3n) is 2.96. The van der Waals surface area contributed by atoms with E-state index in [0.717, 1.165) is 12.8 Å². The van der Waals surface area contributed by atoms with Gasteiger partial charge in [0, 0.05) is 6.54 Å². The summed E-state index contributed by atoms with van der Waals surface area (Å²) in [5, 5.41) is 8.17. The molecule has 0 spiro atoms. The second kappa shape index (κ2) is 4.09. The van der Waals surface area contributed by atoms with E-state index in [2.05, 4.69) is 17.1 Å². The molecule has 94 valence electrons. The van der Waals surface area contributed by atoms with Crippen LogP contribution in [0.5, 0.6) is 0 Å². The molecule has 0 amide bonds. The molecular weight excluding hydrogens is 252 g/mol. The van der Waals surface area contributed by atoms with Crippen molar-refractivity contribution >= 4 is 27.3 Å². The lowest BCUT2D eigenvalue weighted by Crippen LogP contribution is -2.24. The van der Waals surface area contributed by atoms with Crippen molar-refractivity contribution in [2.24, 2.45) is 0 Å². The number of aryl methyl sites for hydroxylation is 1. The molecule has 18 heavy (non-hydrogen) atoms. The van der Waals surface area contributed by atoms with Crippen LogP contribution in [-0.4, -0.2) is 19.2 Å². The number of aromatic amines is 1. The Hall–Kier alpha value is -1.89. The van der Waals surface area contributed by atoms with E-state index in [0.29, 0.717) is 22.5 Å². The van der Waals surface area contributed by atoms with E-state index in [1.165, 1.54) is 15.7 Å². The number of aromatic nitrogens is 4. The Morgan fingerprint density at radius 2 is 2.28 bits per heavy atom. The maximum absolute atomic E-state index is 12.3. The van der Waals surface area contributed by atoms with Gasteiger partial charge >= 0.3 is 5.69 Å². The van der Waals surface area contributed by atoms with Crippen molar-refractivity contribution in [1.82, 2.24) is 19.2 Å². The quantitative estimate of drug-likeness (QED) is 0.772. The summed E-state index contributed by atoms with van der Waals surface area (Å²) in [6.45, 7) is 2.64. The highest BCUT2D eigenvalue weighted by Crippen LogP contribution is 2.16. The number of nitrogens with zero attached hydrogens (tertiary/aromatic N) is 3. The first-order valence-corrected chi connectivity index (χ1v) is 6.69. The van der Waals surface area contributed by atoms with Crippen LogP contribution in [-0.2, 0) is 6.54 Å². The summed E-state index contributed by atoms with van der Waals surface area (Å²) >= 11 is 1.35. The number of H-pyrrole nitrogens is 1. The highest BCUT2D eigenvalue weighted by Gasteiger charge is 2.14. The zero-order valence-corrected chi connectivity index (χ0v) is 10.7. The third-order valence-corrected chi connectivity index (χ3v) is 3.85. The molecule has 0 atom stereocenters. The second-order valence-electron chi connectivity index (χ2n) is 4.11. The zero-order chi connectivity index (χ0) is 12.7. The monoisotopic (exact) mass is 264 g/mol. The first-order valence-electron chi connectivity index (χ1n) is 5.81. The first kappa shape index (κ1) is 11.2. The van der Waals surface area contributed by atoms with Gasteiger partial charge in [0.05, 0.1) is 5.52 Å². The van der Waals surface area contributed by atoms with E-state index in [1.54, 1.807) is 10.6 Å². The van der Waals surface area contributed by atoms with E-state index in [9.17, 15) is 9.59 Å². The molecule has 1 N–H and O–H groups in total. The maximum atomic E-state index is 12.3. The SMILES string of the molecule is CCCCn1c(=O)c2sccc2n2c(=O)[nH]nc12. The van der Waals surface area contributed by atoms with E-state index in [4.69, 9.17) is 0 Å². The summed E-state index contributed by atoms with van der Waals surface area (Å²) in [7, 11) is 0. The molecule has 0 radical (unpaired) electrons. The van der Waals surface area contributed by atoms with Gasteiger partial charge in [0.15, 0.2) is 0 Å². The van der Waals surface area contributed by atoms with Gasteiger partial charge in [-0.1, -0.05) is 13.3 Å². The topological polar surface area (TPSA) is 72.2 Å². The lowest BCUT2D eigenvalue weighted by atomic mass is 10.3. The number of thiophene rings is 1. The van der Waals surface area contributed by atoms with Crippen molar-refractivity contribution in [3.05, 3.63) is 32.3 Å². The van der Waals surface area contributed by atoms with Gasteiger partial charge in [0.25, 0.3) is 5.56 Å². The average Bonchev–Trinajstić information content (AvgIpc) is 2.96. The molecule has 0 saturated heterocycles. The fourth-order valence-corrected chi connectivity index (χ4v) is 2.88. The molecule has 0 fully saturated rings. The van der Waals surface area contributed by atoms with E-state index in [1.807, 2.05) is 5.38 Å². The van der Waals surface area contributed by atoms with Crippen LogP contribution in [0.15, 0.2) is 21.0 Å². The molecule has 3 aromatic heterocycles. The minimum atomic E-state index is -0.307. The smallest absolute Gasteiger partial charge is 0.276 e. The summed E-state index contributed by atoms with van der Waals surface area (Å²) in [6, 6.07) is 1.77. The minimum absolute atomic E-state index is 0.0695. The van der Waals surface area contributed by atoms with Crippen molar-refractivity contribution < 1.29 is 0 Å². The Kier molecular flexibility index (Phi) is 2.55. The summed E-state index contributed by atoms with van der Waals surface area (Å²) < 4.78 is 3.63. The third kappa shape index (κ3) is 1.43. The number of hydrogen-bond acceptors (Lipinski definition) is 4. The van der Waals surface area contributed by atoms with Gasteiger partial charge in [0.1, 0.15) is 4.70 Å². The van der Waals surface area contributed by atoms with Crippen molar-refractivity contribution in [2.75, 3.05) is 0 Å². The molecule has 3 rings (SSSR count). The highest BCUT2D eigenvalue weighted by atomic mass is 32.1. The molecule has 0 aliphatic heterocycles. The fourth-order valence-electron chi connectivity index (χ4n) is 2.06. The van der Waals surface area contributed by atoms with Gasteiger partial charge in [-0.25, -0.2) is 14.3 Å². The predicted molar refractivity (Wildman–Crippen MR) is 70.4 cm³/mol. The molecule has 3 heterocycles.